The Morgan fingerprint density at radius 2 is 1.85 bits per heavy atom. The Bertz CT molecular complexity index is 812. The molecule has 27 heavy (non-hydrogen) atoms. The highest BCUT2D eigenvalue weighted by Crippen LogP contribution is 2.27. The van der Waals surface area contributed by atoms with Gasteiger partial charge in [-0.1, -0.05) is 23.2 Å². The van der Waals surface area contributed by atoms with E-state index in [4.69, 9.17) is 33.7 Å². The molecule has 0 bridgehead atoms. The molecule has 0 aliphatic carbocycles. The molecule has 0 saturated heterocycles. The van der Waals surface area contributed by atoms with E-state index in [9.17, 15) is 4.79 Å². The van der Waals surface area contributed by atoms with E-state index >= 15 is 0 Å². The van der Waals surface area contributed by atoms with Crippen LogP contribution in [0.5, 0.6) is 5.75 Å². The van der Waals surface area contributed by atoms with Gasteiger partial charge in [0.1, 0.15) is 17.8 Å². The molecule has 2 aromatic rings. The van der Waals surface area contributed by atoms with E-state index in [2.05, 4.69) is 31.7 Å². The summed E-state index contributed by atoms with van der Waals surface area (Å²) in [4.78, 5) is 20.0. The molecule has 0 atom stereocenters. The Hall–Kier alpha value is -2.49. The Morgan fingerprint density at radius 3 is 2.48 bits per heavy atom. The predicted molar refractivity (Wildman–Crippen MR) is 107 cm³/mol. The lowest BCUT2D eigenvalue weighted by molar-refractivity contribution is -0.122. The minimum Gasteiger partial charge on any atom is -0.482 e. The van der Waals surface area contributed by atoms with Crippen LogP contribution in [0.4, 0.5) is 17.3 Å². The molecule has 1 aromatic heterocycles. The summed E-state index contributed by atoms with van der Waals surface area (Å²) in [6, 6.07) is 4.71. The first-order chi connectivity index (χ1) is 12.7. The SMILES string of the molecule is CC(C)(C)NNc1ncnc(NNC(=O)COc2ccc(Cl)cc2Cl)c1N. The summed E-state index contributed by atoms with van der Waals surface area (Å²) in [6.45, 7) is 5.66. The van der Waals surface area contributed by atoms with Crippen molar-refractivity contribution in [1.29, 1.82) is 0 Å². The normalized spacial score (nSPS) is 11.0. The van der Waals surface area contributed by atoms with Crippen LogP contribution in [0.15, 0.2) is 24.5 Å². The minimum atomic E-state index is -0.457. The number of halogens is 2. The largest absolute Gasteiger partial charge is 0.482 e. The van der Waals surface area contributed by atoms with Crippen molar-refractivity contribution in [2.45, 2.75) is 26.3 Å². The van der Waals surface area contributed by atoms with Crippen molar-refractivity contribution in [3.63, 3.8) is 0 Å². The van der Waals surface area contributed by atoms with Crippen molar-refractivity contribution in [1.82, 2.24) is 20.8 Å². The van der Waals surface area contributed by atoms with Gasteiger partial charge in [0.2, 0.25) is 0 Å². The van der Waals surface area contributed by atoms with Gasteiger partial charge in [-0.3, -0.25) is 15.6 Å². The number of rotatable bonds is 7. The average Bonchev–Trinajstić information content (AvgIpc) is 2.58. The van der Waals surface area contributed by atoms with Crippen LogP contribution in [0.3, 0.4) is 0 Å². The Kier molecular flexibility index (Phi) is 6.89. The molecule has 0 unspecified atom stereocenters. The van der Waals surface area contributed by atoms with Crippen LogP contribution in [-0.2, 0) is 4.79 Å². The van der Waals surface area contributed by atoms with Crippen LogP contribution in [-0.4, -0.2) is 28.0 Å². The lowest BCUT2D eigenvalue weighted by Crippen LogP contribution is -2.40. The molecule has 0 spiro atoms. The van der Waals surface area contributed by atoms with E-state index in [1.807, 2.05) is 20.8 Å². The number of carbonyl (C=O) groups is 1. The summed E-state index contributed by atoms with van der Waals surface area (Å²) >= 11 is 11.8. The van der Waals surface area contributed by atoms with Crippen molar-refractivity contribution in [3.8, 4) is 5.75 Å². The first kappa shape index (κ1) is 20.8. The molecule has 1 heterocycles. The second-order valence-electron chi connectivity index (χ2n) is 6.52. The Morgan fingerprint density at radius 1 is 1.19 bits per heavy atom. The number of benzene rings is 1. The van der Waals surface area contributed by atoms with Gasteiger partial charge in [-0.05, 0) is 39.0 Å². The molecule has 9 nitrogen and oxygen atoms in total. The highest BCUT2D eigenvalue weighted by Gasteiger charge is 2.13. The zero-order chi connectivity index (χ0) is 20.0. The maximum atomic E-state index is 11.9. The van der Waals surface area contributed by atoms with Gasteiger partial charge in [-0.2, -0.15) is 0 Å². The third kappa shape index (κ3) is 6.63. The zero-order valence-corrected chi connectivity index (χ0v) is 16.6. The van der Waals surface area contributed by atoms with Crippen LogP contribution in [0.2, 0.25) is 10.0 Å². The molecule has 1 aromatic carbocycles. The fourth-order valence-electron chi connectivity index (χ4n) is 1.74. The summed E-state index contributed by atoms with van der Waals surface area (Å²) in [5.74, 6) is 0.501. The fourth-order valence-corrected chi connectivity index (χ4v) is 2.21. The molecule has 1 amide bonds. The standard InChI is InChI=1S/C16H21Cl2N7O2/c1-16(2,3)25-24-15-13(19)14(20-8-21-15)23-22-12(26)7-27-11-5-4-9(17)6-10(11)18/h4-6,8,25H,7,19H2,1-3H3,(H,22,26)(H2,20,21,23,24). The number of nitrogens with one attached hydrogen (secondary N) is 4. The lowest BCUT2D eigenvalue weighted by Gasteiger charge is -2.22. The number of nitrogens with zero attached hydrogens (tertiary/aromatic N) is 2. The van der Waals surface area contributed by atoms with E-state index in [-0.39, 0.29) is 23.7 Å². The van der Waals surface area contributed by atoms with Crippen molar-refractivity contribution in [2.75, 3.05) is 23.2 Å². The molecule has 6 N–H and O–H groups in total. The number of nitrogen functional groups attached to an aromatic ring is 1. The number of hydrogen-bond acceptors (Lipinski definition) is 8. The van der Waals surface area contributed by atoms with Gasteiger partial charge >= 0.3 is 0 Å². The molecule has 2 rings (SSSR count). The van der Waals surface area contributed by atoms with Crippen LogP contribution < -0.4 is 32.2 Å². The molecular weight excluding hydrogens is 393 g/mol. The summed E-state index contributed by atoms with van der Waals surface area (Å²) in [6.07, 6.45) is 1.31. The fraction of sp³-hybridized carbons (Fsp3) is 0.312. The quantitative estimate of drug-likeness (QED) is 0.438. The summed E-state index contributed by atoms with van der Waals surface area (Å²) in [5, 5.41) is 0.786. The van der Waals surface area contributed by atoms with Crippen molar-refractivity contribution in [2.24, 2.45) is 0 Å². The second-order valence-corrected chi connectivity index (χ2v) is 7.36. The minimum absolute atomic E-state index is 0.195. The van der Waals surface area contributed by atoms with Gasteiger partial charge < -0.3 is 15.9 Å². The molecule has 0 saturated carbocycles. The average molecular weight is 414 g/mol. The number of carbonyl (C=O) groups excluding carboxylic acids is 1. The number of amides is 1. The summed E-state index contributed by atoms with van der Waals surface area (Å²) in [7, 11) is 0. The highest BCUT2D eigenvalue weighted by atomic mass is 35.5. The van der Waals surface area contributed by atoms with Gasteiger partial charge in [0.25, 0.3) is 5.91 Å². The Labute approximate surface area is 166 Å². The van der Waals surface area contributed by atoms with Crippen LogP contribution >= 0.6 is 23.2 Å². The van der Waals surface area contributed by atoms with E-state index in [0.29, 0.717) is 21.6 Å². The first-order valence-corrected chi connectivity index (χ1v) is 8.67. The van der Waals surface area contributed by atoms with Crippen LogP contribution in [0.1, 0.15) is 20.8 Å². The number of hydrogen-bond donors (Lipinski definition) is 5. The molecular formula is C16H21Cl2N7O2. The molecule has 0 radical (unpaired) electrons. The zero-order valence-electron chi connectivity index (χ0n) is 15.1. The van der Waals surface area contributed by atoms with Gasteiger partial charge in [0.05, 0.1) is 5.02 Å². The highest BCUT2D eigenvalue weighted by molar-refractivity contribution is 6.35. The van der Waals surface area contributed by atoms with Gasteiger partial charge in [-0.15, -0.1) is 0 Å². The van der Waals surface area contributed by atoms with E-state index in [0.717, 1.165) is 0 Å². The van der Waals surface area contributed by atoms with Gasteiger partial charge in [0, 0.05) is 10.6 Å². The third-order valence-electron chi connectivity index (χ3n) is 3.01. The topological polar surface area (TPSA) is 126 Å². The van der Waals surface area contributed by atoms with E-state index in [1.165, 1.54) is 12.4 Å². The van der Waals surface area contributed by atoms with Crippen LogP contribution in [0, 0.1) is 0 Å². The molecule has 0 fully saturated rings. The van der Waals surface area contributed by atoms with Crippen molar-refractivity contribution >= 4 is 46.4 Å². The number of ether oxygens (including phenoxy) is 1. The molecule has 0 aliphatic heterocycles. The monoisotopic (exact) mass is 413 g/mol. The van der Waals surface area contributed by atoms with Gasteiger partial charge in [0.15, 0.2) is 18.2 Å². The maximum Gasteiger partial charge on any atom is 0.276 e. The number of hydrazine groups is 2. The summed E-state index contributed by atoms with van der Waals surface area (Å²) in [5.41, 5.74) is 17.1. The smallest absolute Gasteiger partial charge is 0.276 e. The molecule has 0 aliphatic rings. The van der Waals surface area contributed by atoms with E-state index in [1.54, 1.807) is 12.1 Å². The van der Waals surface area contributed by atoms with Gasteiger partial charge in [-0.25, -0.2) is 15.4 Å². The number of aromatic nitrogens is 2. The maximum absolute atomic E-state index is 11.9. The summed E-state index contributed by atoms with van der Waals surface area (Å²) < 4.78 is 5.34. The Balaban J connectivity index is 1.89. The molecule has 146 valence electrons. The number of nitrogens with two attached hydrogens (primary N) is 1. The van der Waals surface area contributed by atoms with Crippen molar-refractivity contribution in [3.05, 3.63) is 34.6 Å². The first-order valence-electron chi connectivity index (χ1n) is 7.92. The van der Waals surface area contributed by atoms with Crippen molar-refractivity contribution < 1.29 is 9.53 Å². The molecule has 11 heteroatoms. The van der Waals surface area contributed by atoms with E-state index < -0.39 is 5.91 Å². The predicted octanol–water partition coefficient (Wildman–Crippen LogP) is 2.60. The van der Waals surface area contributed by atoms with Crippen LogP contribution in [0.25, 0.3) is 0 Å². The second kappa shape index (κ2) is 8.94. The third-order valence-corrected chi connectivity index (χ3v) is 3.54. The number of anilines is 3. The lowest BCUT2D eigenvalue weighted by atomic mass is 10.1.